The Balaban J connectivity index is 1.63. The maximum Gasteiger partial charge on any atom is 0.0374 e. The number of benzene rings is 1. The lowest BCUT2D eigenvalue weighted by Crippen LogP contribution is -2.46. The fourth-order valence-corrected chi connectivity index (χ4v) is 3.91. The Morgan fingerprint density at radius 2 is 1.48 bits per heavy atom. The second-order valence-corrected chi connectivity index (χ2v) is 6.81. The lowest BCUT2D eigenvalue weighted by Gasteiger charge is -2.41. The van der Waals surface area contributed by atoms with E-state index in [9.17, 15) is 0 Å². The van der Waals surface area contributed by atoms with Gasteiger partial charge in [0.05, 0.1) is 0 Å². The minimum atomic E-state index is 0.817. The van der Waals surface area contributed by atoms with Gasteiger partial charge in [0.2, 0.25) is 0 Å². The van der Waals surface area contributed by atoms with E-state index in [2.05, 4.69) is 35.8 Å². The molecule has 2 aliphatic rings. The first-order chi connectivity index (χ1) is 10.1. The number of nitrogen functional groups attached to an aromatic ring is 1. The number of rotatable bonds is 2. The molecule has 1 aromatic carbocycles. The zero-order valence-electron chi connectivity index (χ0n) is 13.6. The van der Waals surface area contributed by atoms with Crippen molar-refractivity contribution in [3.05, 3.63) is 23.3 Å². The first kappa shape index (κ1) is 14.7. The van der Waals surface area contributed by atoms with E-state index in [0.717, 1.165) is 11.7 Å². The quantitative estimate of drug-likeness (QED) is 0.847. The molecule has 2 aliphatic heterocycles. The molecular formula is C18H29N3. The van der Waals surface area contributed by atoms with E-state index in [1.54, 1.807) is 0 Å². The Bertz CT molecular complexity index is 460. The predicted molar refractivity (Wildman–Crippen MR) is 91.0 cm³/mol. The molecule has 3 rings (SSSR count). The molecular weight excluding hydrogens is 258 g/mol. The van der Waals surface area contributed by atoms with E-state index in [0.29, 0.717) is 0 Å². The molecule has 2 heterocycles. The van der Waals surface area contributed by atoms with E-state index in [-0.39, 0.29) is 0 Å². The van der Waals surface area contributed by atoms with Crippen LogP contribution in [0.3, 0.4) is 0 Å². The van der Waals surface area contributed by atoms with Gasteiger partial charge in [0, 0.05) is 30.5 Å². The van der Waals surface area contributed by atoms with Crippen LogP contribution in [0.2, 0.25) is 0 Å². The molecule has 3 heteroatoms. The maximum atomic E-state index is 6.07. The number of piperidine rings is 2. The summed E-state index contributed by atoms with van der Waals surface area (Å²) in [6.45, 7) is 9.25. The third-order valence-corrected chi connectivity index (χ3v) is 5.32. The fourth-order valence-electron chi connectivity index (χ4n) is 3.91. The Labute approximate surface area is 129 Å². The summed E-state index contributed by atoms with van der Waals surface area (Å²) in [5, 5.41) is 0. The van der Waals surface area contributed by atoms with Crippen molar-refractivity contribution in [2.45, 2.75) is 52.0 Å². The van der Waals surface area contributed by atoms with Gasteiger partial charge in [-0.3, -0.25) is 0 Å². The molecule has 2 fully saturated rings. The molecule has 2 N–H and O–H groups in total. The van der Waals surface area contributed by atoms with E-state index < -0.39 is 0 Å². The van der Waals surface area contributed by atoms with Gasteiger partial charge in [-0.05, 0) is 75.9 Å². The molecule has 116 valence electrons. The zero-order valence-corrected chi connectivity index (χ0v) is 13.6. The average Bonchev–Trinajstić information content (AvgIpc) is 2.53. The van der Waals surface area contributed by atoms with E-state index in [1.165, 1.54) is 75.1 Å². The SMILES string of the molecule is Cc1cc(N2CCC(N3CCCCC3)CC2)cc(C)c1N. The van der Waals surface area contributed by atoms with Gasteiger partial charge in [-0.25, -0.2) is 0 Å². The van der Waals surface area contributed by atoms with Crippen molar-refractivity contribution in [1.82, 2.24) is 4.90 Å². The van der Waals surface area contributed by atoms with Gasteiger partial charge in [-0.2, -0.15) is 0 Å². The predicted octanol–water partition coefficient (Wildman–Crippen LogP) is 3.34. The monoisotopic (exact) mass is 287 g/mol. The van der Waals surface area contributed by atoms with Crippen LogP contribution in [0.4, 0.5) is 11.4 Å². The van der Waals surface area contributed by atoms with Crippen molar-refractivity contribution in [1.29, 1.82) is 0 Å². The lowest BCUT2D eigenvalue weighted by atomic mass is 9.98. The first-order valence-corrected chi connectivity index (χ1v) is 8.51. The topological polar surface area (TPSA) is 32.5 Å². The molecule has 0 saturated carbocycles. The van der Waals surface area contributed by atoms with Crippen molar-refractivity contribution in [2.75, 3.05) is 36.8 Å². The highest BCUT2D eigenvalue weighted by Crippen LogP contribution is 2.28. The largest absolute Gasteiger partial charge is 0.398 e. The van der Waals surface area contributed by atoms with Gasteiger partial charge < -0.3 is 15.5 Å². The van der Waals surface area contributed by atoms with Crippen molar-refractivity contribution in [3.63, 3.8) is 0 Å². The normalized spacial score (nSPS) is 21.7. The van der Waals surface area contributed by atoms with E-state index in [1.807, 2.05) is 0 Å². The second-order valence-electron chi connectivity index (χ2n) is 6.81. The number of anilines is 2. The summed E-state index contributed by atoms with van der Waals surface area (Å²) in [7, 11) is 0. The van der Waals surface area contributed by atoms with Gasteiger partial charge >= 0.3 is 0 Å². The van der Waals surface area contributed by atoms with Gasteiger partial charge in [0.25, 0.3) is 0 Å². The second kappa shape index (κ2) is 6.27. The average molecular weight is 287 g/mol. The number of nitrogens with two attached hydrogens (primary N) is 1. The van der Waals surface area contributed by atoms with Crippen LogP contribution in [0, 0.1) is 13.8 Å². The minimum Gasteiger partial charge on any atom is -0.398 e. The van der Waals surface area contributed by atoms with Gasteiger partial charge in [-0.15, -0.1) is 0 Å². The van der Waals surface area contributed by atoms with Gasteiger partial charge in [0.1, 0.15) is 0 Å². The fraction of sp³-hybridized carbons (Fsp3) is 0.667. The Kier molecular flexibility index (Phi) is 4.39. The van der Waals surface area contributed by atoms with Crippen molar-refractivity contribution >= 4 is 11.4 Å². The lowest BCUT2D eigenvalue weighted by molar-refractivity contribution is 0.141. The van der Waals surface area contributed by atoms with Crippen LogP contribution in [0.5, 0.6) is 0 Å². The number of nitrogens with zero attached hydrogens (tertiary/aromatic N) is 2. The third-order valence-electron chi connectivity index (χ3n) is 5.32. The molecule has 21 heavy (non-hydrogen) atoms. The number of likely N-dealkylation sites (tertiary alicyclic amines) is 1. The smallest absolute Gasteiger partial charge is 0.0374 e. The van der Waals surface area contributed by atoms with Crippen LogP contribution in [-0.4, -0.2) is 37.1 Å². The van der Waals surface area contributed by atoms with Crippen LogP contribution in [0.1, 0.15) is 43.2 Å². The van der Waals surface area contributed by atoms with Crippen molar-refractivity contribution in [2.24, 2.45) is 0 Å². The molecule has 3 nitrogen and oxygen atoms in total. The van der Waals surface area contributed by atoms with Crippen LogP contribution in [0.25, 0.3) is 0 Å². The van der Waals surface area contributed by atoms with Crippen LogP contribution < -0.4 is 10.6 Å². The molecule has 0 aliphatic carbocycles. The highest BCUT2D eigenvalue weighted by Gasteiger charge is 2.25. The summed E-state index contributed by atoms with van der Waals surface area (Å²) in [4.78, 5) is 5.28. The molecule has 0 amide bonds. The minimum absolute atomic E-state index is 0.817. The van der Waals surface area contributed by atoms with Gasteiger partial charge in [-0.1, -0.05) is 6.42 Å². The summed E-state index contributed by atoms with van der Waals surface area (Å²) in [5.74, 6) is 0. The summed E-state index contributed by atoms with van der Waals surface area (Å²) >= 11 is 0. The highest BCUT2D eigenvalue weighted by molar-refractivity contribution is 5.62. The molecule has 2 saturated heterocycles. The Morgan fingerprint density at radius 3 is 2.05 bits per heavy atom. The number of aryl methyl sites for hydroxylation is 2. The molecule has 0 bridgehead atoms. The molecule has 0 radical (unpaired) electrons. The molecule has 0 atom stereocenters. The van der Waals surface area contributed by atoms with Crippen molar-refractivity contribution < 1.29 is 0 Å². The maximum absolute atomic E-state index is 6.07. The van der Waals surface area contributed by atoms with Crippen LogP contribution in [0.15, 0.2) is 12.1 Å². The number of hydrogen-bond acceptors (Lipinski definition) is 3. The standard InChI is InChI=1S/C18H29N3/c1-14-12-17(13-15(2)18(14)19)21-10-6-16(7-11-21)20-8-4-3-5-9-20/h12-13,16H,3-11,19H2,1-2H3. The first-order valence-electron chi connectivity index (χ1n) is 8.51. The molecule has 0 unspecified atom stereocenters. The molecule has 0 aromatic heterocycles. The highest BCUT2D eigenvalue weighted by atomic mass is 15.2. The molecule has 1 aromatic rings. The zero-order chi connectivity index (χ0) is 14.8. The van der Waals surface area contributed by atoms with Crippen molar-refractivity contribution in [3.8, 4) is 0 Å². The van der Waals surface area contributed by atoms with Crippen LogP contribution in [-0.2, 0) is 0 Å². The summed E-state index contributed by atoms with van der Waals surface area (Å²) in [6, 6.07) is 5.32. The van der Waals surface area contributed by atoms with Gasteiger partial charge in [0.15, 0.2) is 0 Å². The molecule has 0 spiro atoms. The van der Waals surface area contributed by atoms with Crippen LogP contribution >= 0.6 is 0 Å². The summed E-state index contributed by atoms with van der Waals surface area (Å²) in [6.07, 6.45) is 6.84. The van der Waals surface area contributed by atoms with E-state index in [4.69, 9.17) is 5.73 Å². The number of hydrogen-bond donors (Lipinski definition) is 1. The summed E-state index contributed by atoms with van der Waals surface area (Å²) in [5.41, 5.74) is 10.8. The van der Waals surface area contributed by atoms with E-state index >= 15 is 0 Å². The Hall–Kier alpha value is -1.22. The Morgan fingerprint density at radius 1 is 0.905 bits per heavy atom. The summed E-state index contributed by atoms with van der Waals surface area (Å²) < 4.78 is 0. The third kappa shape index (κ3) is 3.18.